The molecule has 26 heavy (non-hydrogen) atoms. The molecule has 0 bridgehead atoms. The van der Waals surface area contributed by atoms with Gasteiger partial charge in [0.05, 0.1) is 19.3 Å². The molecule has 0 aliphatic carbocycles. The number of hydrogen-bond donors (Lipinski definition) is 2. The SMILES string of the molecule is C/C(=C\c1ccccc1)CN(CC(O)CO)C(=O)OCc1ccccc1. The van der Waals surface area contributed by atoms with Crippen molar-refractivity contribution in [3.8, 4) is 0 Å². The van der Waals surface area contributed by atoms with Gasteiger partial charge >= 0.3 is 6.09 Å². The van der Waals surface area contributed by atoms with Crippen LogP contribution in [-0.2, 0) is 11.3 Å². The maximum Gasteiger partial charge on any atom is 0.410 e. The summed E-state index contributed by atoms with van der Waals surface area (Å²) in [5, 5.41) is 18.8. The van der Waals surface area contributed by atoms with Crippen LogP contribution in [0.25, 0.3) is 6.08 Å². The van der Waals surface area contributed by atoms with Gasteiger partial charge in [0.1, 0.15) is 6.61 Å². The fourth-order valence-electron chi connectivity index (χ4n) is 2.51. The fourth-order valence-corrected chi connectivity index (χ4v) is 2.51. The highest BCUT2D eigenvalue weighted by atomic mass is 16.6. The fraction of sp³-hybridized carbons (Fsp3) is 0.286. The average Bonchev–Trinajstić information content (AvgIpc) is 2.67. The van der Waals surface area contributed by atoms with Gasteiger partial charge in [-0.05, 0) is 18.1 Å². The molecule has 0 aliphatic heterocycles. The lowest BCUT2D eigenvalue weighted by molar-refractivity contribution is 0.0473. The van der Waals surface area contributed by atoms with Crippen molar-refractivity contribution in [3.05, 3.63) is 77.4 Å². The largest absolute Gasteiger partial charge is 0.445 e. The number of rotatable bonds is 8. The maximum atomic E-state index is 12.4. The van der Waals surface area contributed by atoms with Gasteiger partial charge in [0.15, 0.2) is 0 Å². The second-order valence-electron chi connectivity index (χ2n) is 6.16. The lowest BCUT2D eigenvalue weighted by Gasteiger charge is -2.24. The topological polar surface area (TPSA) is 70.0 Å². The van der Waals surface area contributed by atoms with Gasteiger partial charge in [-0.25, -0.2) is 4.79 Å². The summed E-state index contributed by atoms with van der Waals surface area (Å²) in [6, 6.07) is 19.2. The van der Waals surface area contributed by atoms with Crippen LogP contribution in [-0.4, -0.2) is 47.0 Å². The molecule has 0 heterocycles. The molecule has 138 valence electrons. The molecular weight excluding hydrogens is 330 g/mol. The Balaban J connectivity index is 2.02. The second kappa shape index (κ2) is 10.4. The van der Waals surface area contributed by atoms with Gasteiger partial charge < -0.3 is 19.8 Å². The van der Waals surface area contributed by atoms with Crippen molar-refractivity contribution >= 4 is 12.2 Å². The predicted molar refractivity (Wildman–Crippen MR) is 101 cm³/mol. The zero-order chi connectivity index (χ0) is 18.8. The van der Waals surface area contributed by atoms with Crippen LogP contribution in [0.15, 0.2) is 66.2 Å². The van der Waals surface area contributed by atoms with E-state index in [1.54, 1.807) is 0 Å². The summed E-state index contributed by atoms with van der Waals surface area (Å²) in [5.74, 6) is 0. The molecule has 5 nitrogen and oxygen atoms in total. The first-order chi connectivity index (χ1) is 12.6. The first-order valence-electron chi connectivity index (χ1n) is 8.55. The molecular formula is C21H25NO4. The van der Waals surface area contributed by atoms with Crippen molar-refractivity contribution in [3.63, 3.8) is 0 Å². The quantitative estimate of drug-likeness (QED) is 0.763. The molecule has 0 spiro atoms. The third-order valence-electron chi connectivity index (χ3n) is 3.76. The van der Waals surface area contributed by atoms with E-state index in [1.807, 2.05) is 73.7 Å². The van der Waals surface area contributed by atoms with Gasteiger partial charge in [0.2, 0.25) is 0 Å². The van der Waals surface area contributed by atoms with E-state index in [2.05, 4.69) is 0 Å². The molecule has 2 N–H and O–H groups in total. The van der Waals surface area contributed by atoms with Crippen LogP contribution in [0.1, 0.15) is 18.1 Å². The van der Waals surface area contributed by atoms with Gasteiger partial charge in [-0.2, -0.15) is 0 Å². The first kappa shape index (κ1) is 19.7. The minimum Gasteiger partial charge on any atom is -0.445 e. The van der Waals surface area contributed by atoms with Crippen LogP contribution >= 0.6 is 0 Å². The summed E-state index contributed by atoms with van der Waals surface area (Å²) < 4.78 is 5.35. The summed E-state index contributed by atoms with van der Waals surface area (Å²) in [6.07, 6.45) is 0.439. The molecule has 2 aromatic rings. The van der Waals surface area contributed by atoms with E-state index in [0.29, 0.717) is 6.54 Å². The highest BCUT2D eigenvalue weighted by Gasteiger charge is 2.19. The summed E-state index contributed by atoms with van der Waals surface area (Å²) in [4.78, 5) is 13.8. The molecule has 5 heteroatoms. The molecule has 0 saturated heterocycles. The van der Waals surface area contributed by atoms with Gasteiger partial charge in [-0.15, -0.1) is 0 Å². The Morgan fingerprint density at radius 1 is 1.12 bits per heavy atom. The Hall–Kier alpha value is -2.63. The van der Waals surface area contributed by atoms with Crippen molar-refractivity contribution in [1.82, 2.24) is 4.90 Å². The number of amides is 1. The third-order valence-corrected chi connectivity index (χ3v) is 3.76. The molecule has 0 aliphatic rings. The van der Waals surface area contributed by atoms with Crippen LogP contribution in [0.4, 0.5) is 4.79 Å². The van der Waals surface area contributed by atoms with Crippen LogP contribution in [0, 0.1) is 0 Å². The molecule has 2 rings (SSSR count). The van der Waals surface area contributed by atoms with Crippen molar-refractivity contribution in [2.45, 2.75) is 19.6 Å². The highest BCUT2D eigenvalue weighted by Crippen LogP contribution is 2.10. The summed E-state index contributed by atoms with van der Waals surface area (Å²) in [5.41, 5.74) is 2.86. The van der Waals surface area contributed by atoms with Crippen molar-refractivity contribution in [2.75, 3.05) is 19.7 Å². The standard InChI is InChI=1S/C21H25NO4/c1-17(12-18-8-4-2-5-9-18)13-22(14-20(24)15-23)21(25)26-16-19-10-6-3-7-11-19/h2-12,20,23-24H,13-16H2,1H3/b17-12+. The number of ether oxygens (including phenoxy) is 1. The van der Waals surface area contributed by atoms with E-state index in [-0.39, 0.29) is 13.2 Å². The Labute approximate surface area is 154 Å². The van der Waals surface area contributed by atoms with Gasteiger partial charge in [0.25, 0.3) is 0 Å². The zero-order valence-corrected chi connectivity index (χ0v) is 14.9. The number of carbonyl (C=O) groups is 1. The van der Waals surface area contributed by atoms with Gasteiger partial charge in [0, 0.05) is 6.54 Å². The van der Waals surface area contributed by atoms with E-state index in [9.17, 15) is 9.90 Å². The number of benzene rings is 2. The number of nitrogens with zero attached hydrogens (tertiary/aromatic N) is 1. The van der Waals surface area contributed by atoms with Crippen LogP contribution in [0.3, 0.4) is 0 Å². The molecule has 2 aromatic carbocycles. The molecule has 0 fully saturated rings. The summed E-state index contributed by atoms with van der Waals surface area (Å²) >= 11 is 0. The molecule has 0 saturated carbocycles. The average molecular weight is 355 g/mol. The smallest absolute Gasteiger partial charge is 0.410 e. The van der Waals surface area contributed by atoms with Crippen LogP contribution in [0.5, 0.6) is 0 Å². The van der Waals surface area contributed by atoms with E-state index < -0.39 is 18.8 Å². The minimum atomic E-state index is -1.01. The Bertz CT molecular complexity index is 700. The van der Waals surface area contributed by atoms with Crippen LogP contribution < -0.4 is 0 Å². The van der Waals surface area contributed by atoms with E-state index in [0.717, 1.165) is 16.7 Å². The minimum absolute atomic E-state index is 0.00406. The normalized spacial score (nSPS) is 12.5. The Morgan fingerprint density at radius 3 is 2.35 bits per heavy atom. The molecule has 1 atom stereocenters. The van der Waals surface area contributed by atoms with Crippen LogP contribution in [0.2, 0.25) is 0 Å². The first-order valence-corrected chi connectivity index (χ1v) is 8.55. The second-order valence-corrected chi connectivity index (χ2v) is 6.16. The number of carbonyl (C=O) groups excluding carboxylic acids is 1. The predicted octanol–water partition coefficient (Wildman–Crippen LogP) is 3.08. The number of aliphatic hydroxyl groups excluding tert-OH is 2. The highest BCUT2D eigenvalue weighted by molar-refractivity contribution is 5.68. The third kappa shape index (κ3) is 6.70. The van der Waals surface area contributed by atoms with E-state index in [1.165, 1.54) is 4.90 Å². The van der Waals surface area contributed by atoms with Crippen molar-refractivity contribution in [1.29, 1.82) is 0 Å². The van der Waals surface area contributed by atoms with E-state index >= 15 is 0 Å². The Kier molecular flexibility index (Phi) is 7.86. The molecule has 0 aromatic heterocycles. The lowest BCUT2D eigenvalue weighted by atomic mass is 10.1. The number of hydrogen-bond acceptors (Lipinski definition) is 4. The van der Waals surface area contributed by atoms with Gasteiger partial charge in [-0.3, -0.25) is 0 Å². The van der Waals surface area contributed by atoms with Gasteiger partial charge in [-0.1, -0.05) is 72.3 Å². The monoisotopic (exact) mass is 355 g/mol. The molecule has 0 radical (unpaired) electrons. The maximum absolute atomic E-state index is 12.4. The lowest BCUT2D eigenvalue weighted by Crippen LogP contribution is -2.40. The van der Waals surface area contributed by atoms with Crippen molar-refractivity contribution < 1.29 is 19.7 Å². The summed E-state index contributed by atoms with van der Waals surface area (Å²) in [6.45, 7) is 1.97. The summed E-state index contributed by atoms with van der Waals surface area (Å²) in [7, 11) is 0. The number of aliphatic hydroxyl groups is 2. The zero-order valence-electron chi connectivity index (χ0n) is 14.9. The molecule has 1 unspecified atom stereocenters. The molecule has 1 amide bonds. The van der Waals surface area contributed by atoms with Crippen molar-refractivity contribution in [2.24, 2.45) is 0 Å². The Morgan fingerprint density at radius 2 is 1.73 bits per heavy atom. The van der Waals surface area contributed by atoms with E-state index in [4.69, 9.17) is 9.84 Å².